The molecule has 40 heavy (non-hydrogen) atoms. The zero-order valence-electron chi connectivity index (χ0n) is 23.8. The fourth-order valence-electron chi connectivity index (χ4n) is 6.07. The molecule has 4 unspecified atom stereocenters. The maximum absolute atomic E-state index is 10.4. The number of hydrogen-bond donors (Lipinski definition) is 4. The van der Waals surface area contributed by atoms with Gasteiger partial charge in [0.1, 0.15) is 30.0 Å². The molecule has 4 heterocycles. The first-order valence-corrected chi connectivity index (χ1v) is 13.9. The number of nitrogens with zero attached hydrogens (tertiary/aromatic N) is 4. The average molecular weight is 553 g/mol. The van der Waals surface area contributed by atoms with Gasteiger partial charge in [-0.15, -0.1) is 0 Å². The molecule has 4 atom stereocenters. The van der Waals surface area contributed by atoms with Crippen LogP contribution in [0.25, 0.3) is 22.6 Å². The van der Waals surface area contributed by atoms with Crippen molar-refractivity contribution in [2.45, 2.75) is 77.1 Å². The largest absolute Gasteiger partial charge is 0.491 e. The van der Waals surface area contributed by atoms with Crippen LogP contribution in [0.2, 0.25) is 0 Å². The number of likely N-dealkylation sites (N-methyl/N-ethyl adjacent to an activating group) is 1. The highest BCUT2D eigenvalue weighted by molar-refractivity contribution is 5.74. The van der Waals surface area contributed by atoms with E-state index in [1.165, 1.54) is 0 Å². The van der Waals surface area contributed by atoms with Crippen LogP contribution in [-0.2, 0) is 4.74 Å². The second-order valence-electron chi connectivity index (χ2n) is 10.8. The van der Waals surface area contributed by atoms with Gasteiger partial charge >= 0.3 is 0 Å². The Bertz CT molecular complexity index is 1280. The standard InChI is InChI=1S/C29H40N6O5/c1-16-26(25-17(2)34-40-18(25)3)32-28(19-7-6-8-24(11-19)39-15-23(36)14-30-4)33-27(16)31-20-12-21-9-10-22(13-20)35(21)29(37)38-5/h6-8,11,20-23,29-30,36-37H,9-10,12-15H2,1-5H3,(H,31,32,33). The van der Waals surface area contributed by atoms with E-state index in [-0.39, 0.29) is 24.7 Å². The van der Waals surface area contributed by atoms with Crippen molar-refractivity contribution >= 4 is 5.82 Å². The highest BCUT2D eigenvalue weighted by Gasteiger charge is 2.44. The van der Waals surface area contributed by atoms with E-state index in [0.717, 1.165) is 59.6 Å². The van der Waals surface area contributed by atoms with Crippen molar-refractivity contribution in [3.63, 3.8) is 0 Å². The Labute approximate surface area is 234 Å². The summed E-state index contributed by atoms with van der Waals surface area (Å²) in [6, 6.07) is 8.30. The van der Waals surface area contributed by atoms with Gasteiger partial charge in [0.25, 0.3) is 0 Å². The maximum Gasteiger partial charge on any atom is 0.216 e. The Hall–Kier alpha value is -3.09. The lowest BCUT2D eigenvalue weighted by molar-refractivity contribution is -0.200. The first-order valence-electron chi connectivity index (χ1n) is 13.9. The molecule has 11 heteroatoms. The third kappa shape index (κ3) is 5.84. The van der Waals surface area contributed by atoms with E-state index in [2.05, 4.69) is 20.7 Å². The van der Waals surface area contributed by atoms with Gasteiger partial charge in [0.05, 0.1) is 17.0 Å². The average Bonchev–Trinajstić information content (AvgIpc) is 3.42. The molecular weight excluding hydrogens is 512 g/mol. The van der Waals surface area contributed by atoms with Gasteiger partial charge in [-0.25, -0.2) is 14.9 Å². The number of benzene rings is 1. The van der Waals surface area contributed by atoms with Crippen molar-refractivity contribution in [2.24, 2.45) is 0 Å². The minimum Gasteiger partial charge on any atom is -0.491 e. The van der Waals surface area contributed by atoms with Gasteiger partial charge in [-0.05, 0) is 65.6 Å². The number of hydrogen-bond acceptors (Lipinski definition) is 11. The number of piperidine rings is 1. The molecule has 2 bridgehead atoms. The van der Waals surface area contributed by atoms with Gasteiger partial charge in [-0.1, -0.05) is 17.3 Å². The molecule has 2 aliphatic rings. The van der Waals surface area contributed by atoms with Crippen molar-refractivity contribution in [3.8, 4) is 28.4 Å². The summed E-state index contributed by atoms with van der Waals surface area (Å²) in [5.74, 6) is 2.65. The van der Waals surface area contributed by atoms with Crippen LogP contribution < -0.4 is 15.4 Å². The van der Waals surface area contributed by atoms with E-state index in [1.807, 2.05) is 45.0 Å². The highest BCUT2D eigenvalue weighted by Crippen LogP contribution is 2.39. The molecule has 2 fully saturated rings. The quantitative estimate of drug-likeness (QED) is 0.261. The van der Waals surface area contributed by atoms with E-state index >= 15 is 0 Å². The summed E-state index contributed by atoms with van der Waals surface area (Å²) in [7, 11) is 3.33. The fraction of sp³-hybridized carbons (Fsp3) is 0.552. The van der Waals surface area contributed by atoms with Gasteiger partial charge < -0.3 is 34.8 Å². The molecule has 0 aliphatic carbocycles. The summed E-state index contributed by atoms with van der Waals surface area (Å²) in [6.45, 7) is 6.45. The lowest BCUT2D eigenvalue weighted by Crippen LogP contribution is -2.52. The van der Waals surface area contributed by atoms with Crippen LogP contribution in [0.3, 0.4) is 0 Å². The third-order valence-electron chi connectivity index (χ3n) is 7.99. The predicted octanol–water partition coefficient (Wildman–Crippen LogP) is 3.01. The monoisotopic (exact) mass is 552 g/mol. The molecule has 3 aromatic rings. The smallest absolute Gasteiger partial charge is 0.216 e. The minimum atomic E-state index is -0.870. The molecule has 0 spiro atoms. The van der Waals surface area contributed by atoms with Crippen molar-refractivity contribution in [1.82, 2.24) is 25.3 Å². The van der Waals surface area contributed by atoms with E-state index < -0.39 is 12.5 Å². The topological polar surface area (TPSA) is 138 Å². The fourth-order valence-corrected chi connectivity index (χ4v) is 6.07. The van der Waals surface area contributed by atoms with Crippen molar-refractivity contribution in [1.29, 1.82) is 0 Å². The highest BCUT2D eigenvalue weighted by atomic mass is 16.6. The number of nitrogens with one attached hydrogen (secondary N) is 2. The zero-order chi connectivity index (χ0) is 28.4. The molecule has 0 amide bonds. The van der Waals surface area contributed by atoms with Crippen LogP contribution in [0.15, 0.2) is 28.8 Å². The number of fused-ring (bicyclic) bond motifs is 2. The molecule has 5 rings (SSSR count). The summed E-state index contributed by atoms with van der Waals surface area (Å²) in [4.78, 5) is 12.1. The predicted molar refractivity (Wildman–Crippen MR) is 151 cm³/mol. The Morgan fingerprint density at radius 3 is 2.52 bits per heavy atom. The summed E-state index contributed by atoms with van der Waals surface area (Å²) in [5.41, 5.74) is 4.13. The SMILES string of the molecule is CNCC(O)COc1cccc(-c2nc(NC3CC4CCC(C3)N4C(O)OC)c(C)c(-c3c(C)noc3C)n2)c1. The van der Waals surface area contributed by atoms with Crippen LogP contribution in [0.5, 0.6) is 5.75 Å². The number of aliphatic hydroxyl groups excluding tert-OH is 2. The number of aryl methyl sites for hydroxylation is 2. The van der Waals surface area contributed by atoms with E-state index in [4.69, 9.17) is 24.0 Å². The number of methoxy groups -OCH3 is 1. The van der Waals surface area contributed by atoms with Crippen molar-refractivity contribution in [2.75, 3.05) is 32.6 Å². The van der Waals surface area contributed by atoms with Gasteiger partial charge in [0.15, 0.2) is 5.82 Å². The number of aromatic nitrogens is 3. The second-order valence-corrected chi connectivity index (χ2v) is 10.8. The summed E-state index contributed by atoms with van der Waals surface area (Å²) in [5, 5.41) is 31.3. The van der Waals surface area contributed by atoms with Crippen LogP contribution >= 0.6 is 0 Å². The Morgan fingerprint density at radius 2 is 1.88 bits per heavy atom. The molecule has 0 radical (unpaired) electrons. The first-order chi connectivity index (χ1) is 19.3. The van der Waals surface area contributed by atoms with Gasteiger partial charge in [0, 0.05) is 42.9 Å². The van der Waals surface area contributed by atoms with Gasteiger partial charge in [-0.2, -0.15) is 0 Å². The Kier molecular flexibility index (Phi) is 8.67. The van der Waals surface area contributed by atoms with Crippen molar-refractivity contribution < 1.29 is 24.2 Å². The Morgan fingerprint density at radius 1 is 1.12 bits per heavy atom. The van der Waals surface area contributed by atoms with E-state index in [0.29, 0.717) is 23.9 Å². The van der Waals surface area contributed by atoms with Crippen LogP contribution in [0.4, 0.5) is 5.82 Å². The molecule has 11 nitrogen and oxygen atoms in total. The van der Waals surface area contributed by atoms with Gasteiger partial charge in [-0.3, -0.25) is 0 Å². The maximum atomic E-state index is 10.4. The van der Waals surface area contributed by atoms with Crippen LogP contribution in [0.1, 0.15) is 42.7 Å². The number of anilines is 1. The van der Waals surface area contributed by atoms with Crippen LogP contribution in [0, 0.1) is 20.8 Å². The van der Waals surface area contributed by atoms with E-state index in [9.17, 15) is 10.2 Å². The molecule has 4 N–H and O–H groups in total. The zero-order valence-corrected chi connectivity index (χ0v) is 23.8. The molecule has 1 aromatic carbocycles. The number of aliphatic hydroxyl groups is 2. The second kappa shape index (κ2) is 12.2. The molecule has 0 saturated carbocycles. The molecule has 216 valence electrons. The normalized spacial score (nSPS) is 22.3. The van der Waals surface area contributed by atoms with Crippen LogP contribution in [-0.4, -0.2) is 88.2 Å². The molecular formula is C29H40N6O5. The lowest BCUT2D eigenvalue weighted by atomic mass is 9.97. The number of rotatable bonds is 11. The minimum absolute atomic E-state index is 0.176. The summed E-state index contributed by atoms with van der Waals surface area (Å²) in [6.07, 6.45) is 2.36. The van der Waals surface area contributed by atoms with Gasteiger partial charge in [0.2, 0.25) is 6.41 Å². The molecule has 2 aromatic heterocycles. The number of ether oxygens (including phenoxy) is 2. The molecule has 2 aliphatic heterocycles. The van der Waals surface area contributed by atoms with E-state index in [1.54, 1.807) is 14.2 Å². The lowest BCUT2D eigenvalue weighted by Gasteiger charge is -2.41. The summed E-state index contributed by atoms with van der Waals surface area (Å²) >= 11 is 0. The van der Waals surface area contributed by atoms with Crippen molar-refractivity contribution in [3.05, 3.63) is 41.3 Å². The summed E-state index contributed by atoms with van der Waals surface area (Å²) < 4.78 is 16.6. The Balaban J connectivity index is 1.47. The first kappa shape index (κ1) is 28.4. The molecule has 2 saturated heterocycles. The third-order valence-corrected chi connectivity index (χ3v) is 7.99.